The number of aromatic nitrogens is 1. The van der Waals surface area contributed by atoms with Gasteiger partial charge in [-0.2, -0.15) is 0 Å². The molecule has 0 spiro atoms. The maximum atomic E-state index is 14.6. The van der Waals surface area contributed by atoms with Crippen molar-refractivity contribution in [3.05, 3.63) is 92.9 Å². The van der Waals surface area contributed by atoms with E-state index in [0.717, 1.165) is 12.1 Å². The summed E-state index contributed by atoms with van der Waals surface area (Å²) >= 11 is 0. The van der Waals surface area contributed by atoms with Crippen molar-refractivity contribution in [1.29, 1.82) is 0 Å². The van der Waals surface area contributed by atoms with Gasteiger partial charge >= 0.3 is 0 Å². The number of carbonyl (C=O) groups is 1. The smallest absolute Gasteiger partial charge is 0.250 e. The molecule has 0 N–H and O–H groups in total. The Kier molecular flexibility index (Phi) is 9.12. The molecular formula is C29H33F2NO5S2. The molecule has 3 rings (SSSR count). The Morgan fingerprint density at radius 2 is 1.67 bits per heavy atom. The summed E-state index contributed by atoms with van der Waals surface area (Å²) in [6, 6.07) is 8.55. The monoisotopic (exact) mass is 577 g/mol. The first-order chi connectivity index (χ1) is 18.0. The van der Waals surface area contributed by atoms with Gasteiger partial charge in [0.2, 0.25) is 0 Å². The van der Waals surface area contributed by atoms with Crippen LogP contribution in [0.4, 0.5) is 8.78 Å². The van der Waals surface area contributed by atoms with Crippen LogP contribution in [0.3, 0.4) is 0 Å². The lowest BCUT2D eigenvalue weighted by Crippen LogP contribution is -2.27. The number of rotatable bonds is 9. The summed E-state index contributed by atoms with van der Waals surface area (Å²) < 4.78 is 66.7. The highest BCUT2D eigenvalue weighted by Crippen LogP contribution is 2.34. The number of aryl methyl sites for hydroxylation is 1. The molecule has 0 fully saturated rings. The van der Waals surface area contributed by atoms with E-state index in [4.69, 9.17) is 0 Å². The second kappa shape index (κ2) is 11.6. The van der Waals surface area contributed by atoms with Crippen molar-refractivity contribution in [2.24, 2.45) is 7.05 Å². The Hall–Kier alpha value is -2.98. The van der Waals surface area contributed by atoms with Crippen LogP contribution in [-0.2, 0) is 33.4 Å². The third kappa shape index (κ3) is 7.16. The van der Waals surface area contributed by atoms with E-state index in [-0.39, 0.29) is 39.9 Å². The first kappa shape index (κ1) is 30.6. The van der Waals surface area contributed by atoms with E-state index >= 15 is 0 Å². The fourth-order valence-corrected chi connectivity index (χ4v) is 6.15. The lowest BCUT2D eigenvalue weighted by atomic mass is 9.88. The number of ketones is 1. The number of pyridine rings is 1. The van der Waals surface area contributed by atoms with Crippen molar-refractivity contribution in [2.75, 3.05) is 11.5 Å². The molecule has 0 aliphatic carbocycles. The first-order valence-electron chi connectivity index (χ1n) is 12.5. The van der Waals surface area contributed by atoms with Gasteiger partial charge in [-0.1, -0.05) is 26.0 Å². The minimum Gasteiger partial charge on any atom is -0.318 e. The molecule has 0 saturated carbocycles. The van der Waals surface area contributed by atoms with E-state index in [0.29, 0.717) is 28.3 Å². The molecule has 0 bridgehead atoms. The van der Waals surface area contributed by atoms with Gasteiger partial charge in [0.15, 0.2) is 15.6 Å². The fraction of sp³-hybridized carbons (Fsp3) is 0.379. The summed E-state index contributed by atoms with van der Waals surface area (Å²) in [5, 5.41) is 0. The predicted octanol–water partition coefficient (Wildman–Crippen LogP) is 5.15. The van der Waals surface area contributed by atoms with Crippen LogP contribution in [0.15, 0.2) is 53.5 Å². The summed E-state index contributed by atoms with van der Waals surface area (Å²) in [6.07, 6.45) is 1.54. The molecule has 1 aromatic heterocycles. The number of hydrogen-bond donors (Lipinski definition) is 0. The van der Waals surface area contributed by atoms with Crippen LogP contribution in [0.1, 0.15) is 67.6 Å². The summed E-state index contributed by atoms with van der Waals surface area (Å²) in [6.45, 7) is 8.92. The van der Waals surface area contributed by atoms with Gasteiger partial charge in [0.05, 0.1) is 11.3 Å². The number of benzene rings is 2. The van der Waals surface area contributed by atoms with Gasteiger partial charge in [0, 0.05) is 63.6 Å². The summed E-state index contributed by atoms with van der Waals surface area (Å²) in [5.74, 6) is -3.07. The van der Waals surface area contributed by atoms with Gasteiger partial charge in [0.25, 0.3) is 5.56 Å². The third-order valence-corrected chi connectivity index (χ3v) is 10.3. The Bertz CT molecular complexity index is 1600. The first-order valence-corrected chi connectivity index (χ1v) is 15.6. The highest BCUT2D eigenvalue weighted by Gasteiger charge is 2.26. The minimum absolute atomic E-state index is 0.0576. The van der Waals surface area contributed by atoms with E-state index in [2.05, 4.69) is 0 Å². The largest absolute Gasteiger partial charge is 0.318 e. The molecule has 1 heterocycles. The van der Waals surface area contributed by atoms with Crippen LogP contribution in [0, 0.1) is 11.6 Å². The predicted molar refractivity (Wildman–Crippen MR) is 151 cm³/mol. The second-order valence-electron chi connectivity index (χ2n) is 10.6. The van der Waals surface area contributed by atoms with Gasteiger partial charge in [-0.3, -0.25) is 13.8 Å². The molecule has 210 valence electrons. The molecule has 0 saturated heterocycles. The molecule has 6 nitrogen and oxygen atoms in total. The average molecular weight is 578 g/mol. The second-order valence-corrected chi connectivity index (χ2v) is 15.2. The maximum absolute atomic E-state index is 14.6. The van der Waals surface area contributed by atoms with Crippen LogP contribution in [-0.4, -0.2) is 39.2 Å². The van der Waals surface area contributed by atoms with Crippen molar-refractivity contribution < 1.29 is 26.2 Å². The van der Waals surface area contributed by atoms with Crippen molar-refractivity contribution in [3.63, 3.8) is 0 Å². The zero-order valence-corrected chi connectivity index (χ0v) is 24.5. The minimum atomic E-state index is -3.42. The number of carbonyl (C=O) groups excluding carboxylic acids is 1. The van der Waals surface area contributed by atoms with E-state index in [9.17, 15) is 31.0 Å². The number of nitrogens with zero attached hydrogens (tertiary/aromatic N) is 1. The lowest BCUT2D eigenvalue weighted by Gasteiger charge is -2.23. The molecule has 0 radical (unpaired) electrons. The number of hydrogen-bond acceptors (Lipinski definition) is 5. The molecule has 10 heteroatoms. The zero-order chi connectivity index (χ0) is 29.3. The highest BCUT2D eigenvalue weighted by atomic mass is 32.2. The zero-order valence-electron chi connectivity index (χ0n) is 22.9. The van der Waals surface area contributed by atoms with Crippen molar-refractivity contribution >= 4 is 26.4 Å². The average Bonchev–Trinajstić information content (AvgIpc) is 2.84. The van der Waals surface area contributed by atoms with E-state index < -0.39 is 42.8 Å². The van der Waals surface area contributed by atoms with Crippen LogP contribution in [0.2, 0.25) is 0 Å². The van der Waals surface area contributed by atoms with Crippen molar-refractivity contribution in [3.8, 4) is 11.1 Å². The lowest BCUT2D eigenvalue weighted by molar-refractivity contribution is 0.103. The molecule has 0 amide bonds. The number of sulfone groups is 1. The molecule has 0 unspecified atom stereocenters. The van der Waals surface area contributed by atoms with Crippen molar-refractivity contribution in [2.45, 2.75) is 51.0 Å². The van der Waals surface area contributed by atoms with Crippen LogP contribution < -0.4 is 5.56 Å². The van der Waals surface area contributed by atoms with Gasteiger partial charge in [-0.05, 0) is 61.6 Å². The normalized spacial score (nSPS) is 13.7. The Morgan fingerprint density at radius 3 is 2.26 bits per heavy atom. The Labute approximate surface area is 230 Å². The van der Waals surface area contributed by atoms with Crippen LogP contribution >= 0.6 is 0 Å². The summed E-state index contributed by atoms with van der Waals surface area (Å²) in [7, 11) is -3.14. The standard InChI is InChI=1S/C29H33F2NO5S2/c1-7-39(36,37)17-19-8-10-21(28(34)22-11-9-20(30)13-26(22)31)24(12-19)25-15-32(6)27(33)14-23(25)18(2)16-38(35)29(3,4)5/h8-15,18H,7,16-17H2,1-6H3/t18-,38-/m1/s1. The highest BCUT2D eigenvalue weighted by molar-refractivity contribution is 7.90. The van der Waals surface area contributed by atoms with Gasteiger partial charge in [-0.15, -0.1) is 0 Å². The Balaban J connectivity index is 2.30. The van der Waals surface area contributed by atoms with Crippen molar-refractivity contribution in [1.82, 2.24) is 4.57 Å². The topological polar surface area (TPSA) is 90.3 Å². The third-order valence-electron chi connectivity index (χ3n) is 6.50. The van der Waals surface area contributed by atoms with E-state index in [1.807, 2.05) is 27.7 Å². The van der Waals surface area contributed by atoms with E-state index in [1.165, 1.54) is 29.7 Å². The van der Waals surface area contributed by atoms with Gasteiger partial charge in [0.1, 0.15) is 11.6 Å². The molecule has 0 aliphatic heterocycles. The number of halogens is 2. The van der Waals surface area contributed by atoms with Gasteiger partial charge < -0.3 is 4.57 Å². The quantitative estimate of drug-likeness (QED) is 0.328. The van der Waals surface area contributed by atoms with Crippen LogP contribution in [0.25, 0.3) is 11.1 Å². The Morgan fingerprint density at radius 1 is 1.03 bits per heavy atom. The van der Waals surface area contributed by atoms with Gasteiger partial charge in [-0.25, -0.2) is 17.2 Å². The molecule has 2 aromatic carbocycles. The SMILES string of the molecule is CCS(=O)(=O)Cc1ccc(C(=O)c2ccc(F)cc2F)c(-c2cn(C)c(=O)cc2[C@H](C)C[S@@](=O)C(C)(C)C)c1. The fourth-order valence-electron chi connectivity index (χ4n) is 4.12. The summed E-state index contributed by atoms with van der Waals surface area (Å²) in [5.41, 5.74) is 1.09. The molecule has 2 atom stereocenters. The molecule has 0 aliphatic rings. The van der Waals surface area contributed by atoms with E-state index in [1.54, 1.807) is 19.3 Å². The molecular weight excluding hydrogens is 544 g/mol. The summed E-state index contributed by atoms with van der Waals surface area (Å²) in [4.78, 5) is 26.2. The molecule has 3 aromatic rings. The van der Waals surface area contributed by atoms with Crippen LogP contribution in [0.5, 0.6) is 0 Å². The maximum Gasteiger partial charge on any atom is 0.250 e. The molecule has 39 heavy (non-hydrogen) atoms.